The number of rotatable bonds is 4. The van der Waals surface area contributed by atoms with E-state index in [0.29, 0.717) is 28.4 Å². The van der Waals surface area contributed by atoms with Gasteiger partial charge in [0.2, 0.25) is 0 Å². The zero-order valence-corrected chi connectivity index (χ0v) is 12.9. The highest BCUT2D eigenvalue weighted by molar-refractivity contribution is 7.10. The Kier molecular flexibility index (Phi) is 2.79. The van der Waals surface area contributed by atoms with E-state index in [2.05, 4.69) is 38.0 Å². The largest absolute Gasteiger partial charge is 0.350 e. The number of amides is 1. The molecule has 19 heavy (non-hydrogen) atoms. The number of carbonyl (C=O) groups is 1. The Morgan fingerprint density at radius 1 is 1.37 bits per heavy atom. The summed E-state index contributed by atoms with van der Waals surface area (Å²) in [6.45, 7) is 9.86. The van der Waals surface area contributed by atoms with E-state index >= 15 is 0 Å². The molecule has 3 nitrogen and oxygen atoms in total. The van der Waals surface area contributed by atoms with Crippen molar-refractivity contribution in [1.82, 2.24) is 10.3 Å². The number of carbonyl (C=O) groups excluding carboxylic acids is 1. The summed E-state index contributed by atoms with van der Waals surface area (Å²) in [5, 5.41) is 6.08. The Bertz CT molecular complexity index is 500. The van der Waals surface area contributed by atoms with Crippen LogP contribution in [0.4, 0.5) is 0 Å². The molecular formula is C15H22N2OS. The van der Waals surface area contributed by atoms with Crippen LogP contribution in [0, 0.1) is 16.7 Å². The minimum Gasteiger partial charge on any atom is -0.350 e. The molecule has 1 aromatic rings. The van der Waals surface area contributed by atoms with Crippen molar-refractivity contribution in [2.45, 2.75) is 46.5 Å². The second-order valence-electron chi connectivity index (χ2n) is 7.05. The van der Waals surface area contributed by atoms with Crippen LogP contribution in [0.5, 0.6) is 0 Å². The van der Waals surface area contributed by atoms with Gasteiger partial charge < -0.3 is 5.32 Å². The molecule has 2 aliphatic carbocycles. The first-order chi connectivity index (χ1) is 8.84. The van der Waals surface area contributed by atoms with Crippen LogP contribution in [0.3, 0.4) is 0 Å². The molecule has 1 N–H and O–H groups in total. The summed E-state index contributed by atoms with van der Waals surface area (Å²) in [7, 11) is 0. The van der Waals surface area contributed by atoms with Gasteiger partial charge in [-0.25, -0.2) is 4.98 Å². The number of nitrogens with one attached hydrogen (secondary N) is 1. The van der Waals surface area contributed by atoms with Crippen LogP contribution < -0.4 is 5.32 Å². The SMILES string of the molecule is CC1(C)C(CNC(=O)c2csc(C3CC3)n2)C1(C)C. The predicted molar refractivity (Wildman–Crippen MR) is 77.5 cm³/mol. The first-order valence-corrected chi connectivity index (χ1v) is 7.95. The van der Waals surface area contributed by atoms with E-state index in [1.165, 1.54) is 12.8 Å². The molecule has 0 unspecified atom stereocenters. The molecule has 0 aliphatic heterocycles. The molecule has 0 aromatic carbocycles. The van der Waals surface area contributed by atoms with Crippen molar-refractivity contribution in [1.29, 1.82) is 0 Å². The van der Waals surface area contributed by atoms with E-state index in [1.54, 1.807) is 11.3 Å². The minimum absolute atomic E-state index is 0.0124. The molecule has 0 atom stereocenters. The smallest absolute Gasteiger partial charge is 0.270 e. The van der Waals surface area contributed by atoms with E-state index in [0.717, 1.165) is 11.6 Å². The van der Waals surface area contributed by atoms with Gasteiger partial charge in [-0.1, -0.05) is 27.7 Å². The Hall–Kier alpha value is -0.900. The second-order valence-corrected chi connectivity index (χ2v) is 7.94. The highest BCUT2D eigenvalue weighted by atomic mass is 32.1. The molecule has 3 rings (SSSR count). The van der Waals surface area contributed by atoms with Gasteiger partial charge in [0.25, 0.3) is 5.91 Å². The molecule has 2 aliphatic rings. The average molecular weight is 278 g/mol. The quantitative estimate of drug-likeness (QED) is 0.916. The number of aromatic nitrogens is 1. The average Bonchev–Trinajstić information content (AvgIpc) is 3.15. The summed E-state index contributed by atoms with van der Waals surface area (Å²) in [5.41, 5.74) is 1.24. The van der Waals surface area contributed by atoms with Gasteiger partial charge >= 0.3 is 0 Å². The summed E-state index contributed by atoms with van der Waals surface area (Å²) >= 11 is 1.63. The number of thiazole rings is 1. The van der Waals surface area contributed by atoms with Crippen molar-refractivity contribution in [3.8, 4) is 0 Å². The molecule has 1 aromatic heterocycles. The Morgan fingerprint density at radius 3 is 2.53 bits per heavy atom. The summed E-state index contributed by atoms with van der Waals surface area (Å²) in [6.07, 6.45) is 2.47. The van der Waals surface area contributed by atoms with Crippen LogP contribution >= 0.6 is 11.3 Å². The second kappa shape index (κ2) is 4.05. The fraction of sp³-hybridized carbons (Fsp3) is 0.733. The van der Waals surface area contributed by atoms with Gasteiger partial charge in [0.15, 0.2) is 0 Å². The van der Waals surface area contributed by atoms with Gasteiger partial charge in [0.1, 0.15) is 5.69 Å². The maximum atomic E-state index is 12.1. The zero-order valence-electron chi connectivity index (χ0n) is 12.1. The van der Waals surface area contributed by atoms with E-state index in [4.69, 9.17) is 0 Å². The lowest BCUT2D eigenvalue weighted by atomic mass is 10.0. The van der Waals surface area contributed by atoms with Crippen molar-refractivity contribution in [2.24, 2.45) is 16.7 Å². The van der Waals surface area contributed by atoms with Crippen molar-refractivity contribution in [2.75, 3.05) is 6.54 Å². The van der Waals surface area contributed by atoms with Crippen LogP contribution in [0.25, 0.3) is 0 Å². The highest BCUT2D eigenvalue weighted by Gasteiger charge is 2.64. The molecule has 0 saturated heterocycles. The lowest BCUT2D eigenvalue weighted by Crippen LogP contribution is -2.27. The maximum Gasteiger partial charge on any atom is 0.270 e. The summed E-state index contributed by atoms with van der Waals surface area (Å²) in [6, 6.07) is 0. The summed E-state index contributed by atoms with van der Waals surface area (Å²) in [4.78, 5) is 16.5. The van der Waals surface area contributed by atoms with Crippen molar-refractivity contribution in [3.05, 3.63) is 16.1 Å². The molecule has 0 bridgehead atoms. The normalized spacial score (nSPS) is 24.2. The predicted octanol–water partition coefficient (Wildman–Crippen LogP) is 3.43. The summed E-state index contributed by atoms with van der Waals surface area (Å²) < 4.78 is 0. The number of hydrogen-bond donors (Lipinski definition) is 1. The molecule has 1 heterocycles. The fourth-order valence-electron chi connectivity index (χ4n) is 3.04. The number of hydrogen-bond acceptors (Lipinski definition) is 3. The lowest BCUT2D eigenvalue weighted by Gasteiger charge is -2.04. The Labute approximate surface area is 118 Å². The van der Waals surface area contributed by atoms with Crippen molar-refractivity contribution < 1.29 is 4.79 Å². The van der Waals surface area contributed by atoms with E-state index in [-0.39, 0.29) is 5.91 Å². The fourth-order valence-corrected chi connectivity index (χ4v) is 4.01. The van der Waals surface area contributed by atoms with E-state index < -0.39 is 0 Å². The van der Waals surface area contributed by atoms with Crippen molar-refractivity contribution >= 4 is 17.2 Å². The van der Waals surface area contributed by atoms with Crippen LogP contribution in [-0.4, -0.2) is 17.4 Å². The monoisotopic (exact) mass is 278 g/mol. The van der Waals surface area contributed by atoms with Crippen LogP contribution in [-0.2, 0) is 0 Å². The van der Waals surface area contributed by atoms with Gasteiger partial charge in [-0.05, 0) is 29.6 Å². The van der Waals surface area contributed by atoms with E-state index in [9.17, 15) is 4.79 Å². The first kappa shape index (κ1) is 13.1. The van der Waals surface area contributed by atoms with E-state index in [1.807, 2.05) is 5.38 Å². The zero-order chi connectivity index (χ0) is 13.8. The third-order valence-corrected chi connectivity index (χ3v) is 6.47. The van der Waals surface area contributed by atoms with Gasteiger partial charge in [0, 0.05) is 17.8 Å². The lowest BCUT2D eigenvalue weighted by molar-refractivity contribution is 0.0945. The molecule has 2 saturated carbocycles. The van der Waals surface area contributed by atoms with Gasteiger partial charge in [-0.15, -0.1) is 11.3 Å². The highest BCUT2D eigenvalue weighted by Crippen LogP contribution is 2.67. The molecule has 0 radical (unpaired) electrons. The van der Waals surface area contributed by atoms with Gasteiger partial charge in [0.05, 0.1) is 5.01 Å². The topological polar surface area (TPSA) is 42.0 Å². The van der Waals surface area contributed by atoms with Crippen LogP contribution in [0.15, 0.2) is 5.38 Å². The third kappa shape index (κ3) is 2.10. The minimum atomic E-state index is -0.0124. The molecule has 4 heteroatoms. The molecule has 1 amide bonds. The Morgan fingerprint density at radius 2 is 2.00 bits per heavy atom. The standard InChI is InChI=1S/C15H22N2OS/c1-14(2)11(15(14,3)4)7-16-12(18)10-8-19-13(17-10)9-5-6-9/h8-9,11H,5-7H2,1-4H3,(H,16,18). The number of nitrogens with zero attached hydrogens (tertiary/aromatic N) is 1. The molecule has 104 valence electrons. The van der Waals surface area contributed by atoms with Crippen molar-refractivity contribution in [3.63, 3.8) is 0 Å². The molecule has 2 fully saturated rings. The Balaban J connectivity index is 1.57. The summed E-state index contributed by atoms with van der Waals surface area (Å²) in [5.74, 6) is 1.18. The first-order valence-electron chi connectivity index (χ1n) is 7.07. The van der Waals surface area contributed by atoms with Gasteiger partial charge in [-0.3, -0.25) is 4.79 Å². The van der Waals surface area contributed by atoms with Gasteiger partial charge in [-0.2, -0.15) is 0 Å². The molecule has 0 spiro atoms. The maximum absolute atomic E-state index is 12.1. The molecular weight excluding hydrogens is 256 g/mol. The van der Waals surface area contributed by atoms with Crippen LogP contribution in [0.2, 0.25) is 0 Å². The third-order valence-electron chi connectivity index (χ3n) is 5.47. The van der Waals surface area contributed by atoms with Crippen LogP contribution in [0.1, 0.15) is 62.0 Å².